The summed E-state index contributed by atoms with van der Waals surface area (Å²) in [6.45, 7) is 4.97. The Kier molecular flexibility index (Phi) is 8.73. The van der Waals surface area contributed by atoms with Crippen molar-refractivity contribution in [3.05, 3.63) is 58.5 Å². The van der Waals surface area contributed by atoms with Crippen molar-refractivity contribution in [1.29, 1.82) is 0 Å². The Morgan fingerprint density at radius 3 is 2.53 bits per heavy atom. The number of benzene rings is 2. The first kappa shape index (κ1) is 27.3. The van der Waals surface area contributed by atoms with E-state index in [0.717, 1.165) is 40.8 Å². The molecule has 2 aliphatic rings. The van der Waals surface area contributed by atoms with Crippen molar-refractivity contribution >= 4 is 46.5 Å². The molecule has 0 atom stereocenters. The Morgan fingerprint density at radius 1 is 1.08 bits per heavy atom. The fourth-order valence-corrected chi connectivity index (χ4v) is 5.16. The van der Waals surface area contributed by atoms with Gasteiger partial charge in [0.2, 0.25) is 5.91 Å². The van der Waals surface area contributed by atoms with Crippen LogP contribution in [0.3, 0.4) is 0 Å². The summed E-state index contributed by atoms with van der Waals surface area (Å²) in [5.41, 5.74) is 2.39. The van der Waals surface area contributed by atoms with Crippen LogP contribution in [0.5, 0.6) is 11.5 Å². The van der Waals surface area contributed by atoms with Gasteiger partial charge in [0.05, 0.1) is 12.0 Å². The van der Waals surface area contributed by atoms with Gasteiger partial charge in [-0.25, -0.2) is 0 Å². The zero-order chi connectivity index (χ0) is 27.2. The molecule has 0 unspecified atom stereocenters. The molecule has 0 spiro atoms. The molecule has 0 radical (unpaired) electrons. The first-order chi connectivity index (χ1) is 18.3. The van der Waals surface area contributed by atoms with E-state index in [1.165, 1.54) is 7.11 Å². The summed E-state index contributed by atoms with van der Waals surface area (Å²) < 4.78 is 11.1. The van der Waals surface area contributed by atoms with Gasteiger partial charge in [-0.1, -0.05) is 38.1 Å². The van der Waals surface area contributed by atoms with E-state index in [0.29, 0.717) is 30.2 Å². The lowest BCUT2D eigenvalue weighted by molar-refractivity contribution is -0.135. The number of imide groups is 1. The number of likely N-dealkylation sites (tertiary alicyclic amines) is 1. The number of carbonyl (C=O) groups is 4. The fraction of sp³-hybridized carbons (Fsp3) is 0.357. The molecule has 1 N–H and O–H groups in total. The summed E-state index contributed by atoms with van der Waals surface area (Å²) in [7, 11) is 1.47. The lowest BCUT2D eigenvalue weighted by Gasteiger charge is -2.18. The van der Waals surface area contributed by atoms with Crippen molar-refractivity contribution in [3.63, 3.8) is 0 Å². The quantitative estimate of drug-likeness (QED) is 0.470. The summed E-state index contributed by atoms with van der Waals surface area (Å²) >= 11 is 0.800. The summed E-state index contributed by atoms with van der Waals surface area (Å²) in [4.78, 5) is 53.1. The van der Waals surface area contributed by atoms with E-state index in [2.05, 4.69) is 19.2 Å². The molecule has 2 aliphatic heterocycles. The minimum absolute atomic E-state index is 0.216. The molecule has 200 valence electrons. The second-order valence-corrected chi connectivity index (χ2v) is 10.3. The third-order valence-corrected chi connectivity index (χ3v) is 7.23. The molecule has 2 aromatic carbocycles. The third kappa shape index (κ3) is 6.36. The minimum atomic E-state index is -0.495. The lowest BCUT2D eigenvalue weighted by atomic mass is 10.0. The molecule has 0 aromatic heterocycles. The molecule has 4 rings (SSSR count). The average molecular weight is 538 g/mol. The SMILES string of the molecule is COc1cc(/C=C2\SC(=O)N(CC(=O)N3CCCC3)C2=O)ccc1OCC(=O)Nc1ccccc1C(C)C. The molecule has 2 heterocycles. The largest absolute Gasteiger partial charge is 0.493 e. The first-order valence-electron chi connectivity index (χ1n) is 12.5. The predicted molar refractivity (Wildman–Crippen MR) is 146 cm³/mol. The van der Waals surface area contributed by atoms with Gasteiger partial charge >= 0.3 is 0 Å². The number of methoxy groups -OCH3 is 1. The van der Waals surface area contributed by atoms with Gasteiger partial charge in [0.1, 0.15) is 6.54 Å². The maximum absolute atomic E-state index is 12.8. The first-order valence-corrected chi connectivity index (χ1v) is 13.3. The lowest BCUT2D eigenvalue weighted by Crippen LogP contribution is -2.40. The molecule has 2 aromatic rings. The van der Waals surface area contributed by atoms with Gasteiger partial charge < -0.3 is 19.7 Å². The molecule has 9 nitrogen and oxygen atoms in total. The van der Waals surface area contributed by atoms with Gasteiger partial charge in [0.15, 0.2) is 18.1 Å². The number of amides is 4. The van der Waals surface area contributed by atoms with E-state index in [-0.39, 0.29) is 35.8 Å². The van der Waals surface area contributed by atoms with Crippen molar-refractivity contribution in [1.82, 2.24) is 9.80 Å². The highest BCUT2D eigenvalue weighted by atomic mass is 32.2. The van der Waals surface area contributed by atoms with Gasteiger partial charge in [-0.3, -0.25) is 24.1 Å². The molecule has 2 fully saturated rings. The van der Waals surface area contributed by atoms with Crippen LogP contribution in [-0.4, -0.2) is 66.1 Å². The van der Waals surface area contributed by atoms with Gasteiger partial charge in [0, 0.05) is 18.8 Å². The summed E-state index contributed by atoms with van der Waals surface area (Å²) in [6, 6.07) is 12.6. The van der Waals surface area contributed by atoms with Crippen molar-refractivity contribution < 1.29 is 28.7 Å². The standard InChI is InChI=1S/C28H31N3O6S/c1-18(2)20-8-4-5-9-21(20)29-25(32)17-37-22-11-10-19(14-23(22)36-3)15-24-27(34)31(28(35)38-24)16-26(33)30-12-6-7-13-30/h4-5,8-11,14-15,18H,6-7,12-13,16-17H2,1-3H3,(H,29,32)/b24-15-. The van der Waals surface area contributed by atoms with Crippen LogP contribution >= 0.6 is 11.8 Å². The number of hydrogen-bond acceptors (Lipinski definition) is 7. The number of anilines is 1. The summed E-state index contributed by atoms with van der Waals surface area (Å²) in [5, 5.41) is 2.42. The zero-order valence-electron chi connectivity index (χ0n) is 21.7. The minimum Gasteiger partial charge on any atom is -0.493 e. The molecule has 0 saturated carbocycles. The molecule has 38 heavy (non-hydrogen) atoms. The Morgan fingerprint density at radius 2 is 1.82 bits per heavy atom. The Balaban J connectivity index is 1.39. The number of ether oxygens (including phenoxy) is 2. The van der Waals surface area contributed by atoms with Crippen LogP contribution in [0, 0.1) is 0 Å². The summed E-state index contributed by atoms with van der Waals surface area (Å²) in [5.74, 6) is -0.0246. The Labute approximate surface area is 226 Å². The molecule has 0 aliphatic carbocycles. The number of nitrogens with zero attached hydrogens (tertiary/aromatic N) is 2. The van der Waals surface area contributed by atoms with Crippen molar-refractivity contribution in [2.75, 3.05) is 38.7 Å². The highest BCUT2D eigenvalue weighted by Crippen LogP contribution is 2.34. The molecular weight excluding hydrogens is 506 g/mol. The zero-order valence-corrected chi connectivity index (χ0v) is 22.5. The molecule has 4 amide bonds. The topological polar surface area (TPSA) is 105 Å². The number of hydrogen-bond donors (Lipinski definition) is 1. The van der Waals surface area contributed by atoms with Gasteiger partial charge in [0.25, 0.3) is 17.1 Å². The highest BCUT2D eigenvalue weighted by Gasteiger charge is 2.37. The molecule has 10 heteroatoms. The normalized spacial score (nSPS) is 16.5. The number of para-hydroxylation sites is 1. The van der Waals surface area contributed by atoms with Gasteiger partial charge in [-0.05, 0) is 65.9 Å². The van der Waals surface area contributed by atoms with E-state index >= 15 is 0 Å². The maximum Gasteiger partial charge on any atom is 0.294 e. The average Bonchev–Trinajstić information content (AvgIpc) is 3.53. The monoisotopic (exact) mass is 537 g/mol. The molecular formula is C28H31N3O6S. The van der Waals surface area contributed by atoms with Crippen LogP contribution in [0.15, 0.2) is 47.4 Å². The second-order valence-electron chi connectivity index (χ2n) is 9.34. The van der Waals surface area contributed by atoms with Crippen LogP contribution in [0.2, 0.25) is 0 Å². The van der Waals surface area contributed by atoms with E-state index in [4.69, 9.17) is 9.47 Å². The second kappa shape index (κ2) is 12.2. The van der Waals surface area contributed by atoms with Gasteiger partial charge in [-0.15, -0.1) is 0 Å². The number of carbonyl (C=O) groups excluding carboxylic acids is 4. The van der Waals surface area contributed by atoms with E-state index in [1.807, 2.05) is 24.3 Å². The number of nitrogens with one attached hydrogen (secondary N) is 1. The highest BCUT2D eigenvalue weighted by molar-refractivity contribution is 8.18. The van der Waals surface area contributed by atoms with Crippen LogP contribution in [0.4, 0.5) is 10.5 Å². The smallest absolute Gasteiger partial charge is 0.294 e. The third-order valence-electron chi connectivity index (χ3n) is 6.33. The summed E-state index contributed by atoms with van der Waals surface area (Å²) in [6.07, 6.45) is 3.45. The van der Waals surface area contributed by atoms with Crippen molar-refractivity contribution in [2.24, 2.45) is 0 Å². The number of rotatable bonds is 9. The van der Waals surface area contributed by atoms with Crippen molar-refractivity contribution in [2.45, 2.75) is 32.6 Å². The van der Waals surface area contributed by atoms with Crippen LogP contribution in [-0.2, 0) is 14.4 Å². The van der Waals surface area contributed by atoms with E-state index in [9.17, 15) is 19.2 Å². The Bertz CT molecular complexity index is 1270. The predicted octanol–water partition coefficient (Wildman–Crippen LogP) is 4.49. The van der Waals surface area contributed by atoms with Crippen molar-refractivity contribution in [3.8, 4) is 11.5 Å². The molecule has 0 bridgehead atoms. The maximum atomic E-state index is 12.8. The van der Waals surface area contributed by atoms with E-state index in [1.54, 1.807) is 29.2 Å². The van der Waals surface area contributed by atoms with Crippen LogP contribution in [0.1, 0.15) is 43.7 Å². The van der Waals surface area contributed by atoms with Crippen LogP contribution in [0.25, 0.3) is 6.08 Å². The fourth-order valence-electron chi connectivity index (χ4n) is 4.33. The van der Waals surface area contributed by atoms with Gasteiger partial charge in [-0.2, -0.15) is 0 Å². The number of thioether (sulfide) groups is 1. The van der Waals surface area contributed by atoms with Crippen LogP contribution < -0.4 is 14.8 Å². The molecule has 2 saturated heterocycles. The van der Waals surface area contributed by atoms with E-state index < -0.39 is 11.1 Å². The Hall–Kier alpha value is -3.79.